The lowest BCUT2D eigenvalue weighted by Crippen LogP contribution is -2.51. The largest absolute Gasteiger partial charge is 0.481 e. The molecule has 1 rings (SSSR count). The molecule has 21 heavy (non-hydrogen) atoms. The van der Waals surface area contributed by atoms with E-state index in [0.717, 1.165) is 4.90 Å². The molecule has 0 aliphatic heterocycles. The van der Waals surface area contributed by atoms with Gasteiger partial charge < -0.3 is 15.2 Å². The van der Waals surface area contributed by atoms with Crippen LogP contribution in [0.1, 0.15) is 13.3 Å². The lowest BCUT2D eigenvalue weighted by molar-refractivity contribution is -0.139. The maximum absolute atomic E-state index is 11.9. The van der Waals surface area contributed by atoms with Crippen molar-refractivity contribution in [3.05, 3.63) is 29.3 Å². The van der Waals surface area contributed by atoms with E-state index in [1.165, 1.54) is 18.9 Å². The van der Waals surface area contributed by atoms with Crippen molar-refractivity contribution in [1.82, 2.24) is 5.32 Å². The van der Waals surface area contributed by atoms with E-state index >= 15 is 0 Å². The van der Waals surface area contributed by atoms with Crippen molar-refractivity contribution in [2.75, 3.05) is 19.5 Å². The van der Waals surface area contributed by atoms with Gasteiger partial charge in [0, 0.05) is 17.0 Å². The second-order valence-electron chi connectivity index (χ2n) is 4.85. The topological polar surface area (TPSA) is 75.6 Å². The number of carboxylic acids is 1. The van der Waals surface area contributed by atoms with Gasteiger partial charge in [0.1, 0.15) is 0 Å². The molecule has 0 aliphatic rings. The Morgan fingerprint density at radius 1 is 1.38 bits per heavy atom. The fourth-order valence-corrected chi connectivity index (χ4v) is 2.66. The molecule has 0 saturated heterocycles. The van der Waals surface area contributed by atoms with Crippen molar-refractivity contribution < 1.29 is 19.4 Å². The molecule has 0 bridgehead atoms. The number of carboxylic acid groups (broad SMARTS) is 1. The van der Waals surface area contributed by atoms with Crippen LogP contribution in [0.4, 0.5) is 0 Å². The molecule has 1 aromatic carbocycles. The molecule has 0 saturated carbocycles. The molecule has 5 nitrogen and oxygen atoms in total. The Bertz CT molecular complexity index is 494. The van der Waals surface area contributed by atoms with Crippen LogP contribution in [0.3, 0.4) is 0 Å². The van der Waals surface area contributed by atoms with Crippen LogP contribution in [0.25, 0.3) is 0 Å². The first-order chi connectivity index (χ1) is 9.84. The van der Waals surface area contributed by atoms with Crippen molar-refractivity contribution in [2.24, 2.45) is 0 Å². The van der Waals surface area contributed by atoms with Gasteiger partial charge in [-0.15, -0.1) is 11.8 Å². The maximum atomic E-state index is 11.9. The summed E-state index contributed by atoms with van der Waals surface area (Å²) in [6.07, 6.45) is -0.196. The molecule has 0 aromatic heterocycles. The smallest absolute Gasteiger partial charge is 0.305 e. The summed E-state index contributed by atoms with van der Waals surface area (Å²) in [4.78, 5) is 23.7. The zero-order valence-corrected chi connectivity index (χ0v) is 13.5. The minimum absolute atomic E-state index is 0.136. The molecule has 0 heterocycles. The number of rotatable bonds is 8. The van der Waals surface area contributed by atoms with E-state index in [1.54, 1.807) is 19.1 Å². The summed E-state index contributed by atoms with van der Waals surface area (Å²) in [5.74, 6) is -1.03. The van der Waals surface area contributed by atoms with Crippen LogP contribution < -0.4 is 5.32 Å². The van der Waals surface area contributed by atoms with Gasteiger partial charge in [0.25, 0.3) is 0 Å². The number of hydrogen-bond acceptors (Lipinski definition) is 4. The molecule has 1 unspecified atom stereocenters. The summed E-state index contributed by atoms with van der Waals surface area (Å²) in [6, 6.07) is 7.15. The van der Waals surface area contributed by atoms with Crippen LogP contribution in [0, 0.1) is 0 Å². The van der Waals surface area contributed by atoms with Gasteiger partial charge in [0.2, 0.25) is 5.91 Å². The molecule has 0 spiro atoms. The zero-order chi connectivity index (χ0) is 15.9. The third kappa shape index (κ3) is 6.84. The highest BCUT2D eigenvalue weighted by molar-refractivity contribution is 8.00. The summed E-state index contributed by atoms with van der Waals surface area (Å²) in [7, 11) is 1.47. The highest BCUT2D eigenvalue weighted by Crippen LogP contribution is 2.20. The first-order valence-electron chi connectivity index (χ1n) is 6.25. The summed E-state index contributed by atoms with van der Waals surface area (Å²) in [6.45, 7) is 1.78. The third-order valence-corrected chi connectivity index (χ3v) is 3.89. The molecule has 1 atom stereocenters. The molecule has 0 fully saturated rings. The number of thioether (sulfide) groups is 1. The quantitative estimate of drug-likeness (QED) is 0.715. The maximum Gasteiger partial charge on any atom is 0.305 e. The standard InChI is InChI=1S/C14H18ClNO4S/c1-14(9-20-2,7-13(18)19)16-12(17)8-21-11-5-3-10(15)4-6-11/h3-6H,7-9H2,1-2H3,(H,16,17)(H,18,19). The second-order valence-corrected chi connectivity index (χ2v) is 6.34. The SMILES string of the molecule is COCC(C)(CC(=O)O)NC(=O)CSc1ccc(Cl)cc1. The minimum Gasteiger partial charge on any atom is -0.481 e. The first kappa shape index (κ1) is 17.8. The number of benzene rings is 1. The van der Waals surface area contributed by atoms with Gasteiger partial charge in [-0.3, -0.25) is 9.59 Å². The molecule has 116 valence electrons. The summed E-state index contributed by atoms with van der Waals surface area (Å²) in [5.41, 5.74) is -0.918. The first-order valence-corrected chi connectivity index (χ1v) is 7.61. The summed E-state index contributed by atoms with van der Waals surface area (Å²) in [5, 5.41) is 12.3. The number of amides is 1. The molecule has 0 radical (unpaired) electrons. The van der Waals surface area contributed by atoms with E-state index in [9.17, 15) is 9.59 Å². The lowest BCUT2D eigenvalue weighted by Gasteiger charge is -2.28. The second kappa shape index (κ2) is 8.26. The van der Waals surface area contributed by atoms with E-state index in [4.69, 9.17) is 21.4 Å². The third-order valence-electron chi connectivity index (χ3n) is 2.63. The Labute approximate surface area is 133 Å². The molecule has 7 heteroatoms. The Hall–Kier alpha value is -1.24. The van der Waals surface area contributed by atoms with Crippen LogP contribution in [0.5, 0.6) is 0 Å². The van der Waals surface area contributed by atoms with Gasteiger partial charge in [0.05, 0.1) is 24.3 Å². The van der Waals surface area contributed by atoms with Crippen molar-refractivity contribution in [2.45, 2.75) is 23.8 Å². The average molecular weight is 332 g/mol. The zero-order valence-electron chi connectivity index (χ0n) is 11.9. The van der Waals surface area contributed by atoms with Gasteiger partial charge >= 0.3 is 5.97 Å². The van der Waals surface area contributed by atoms with Gasteiger partial charge in [-0.25, -0.2) is 0 Å². The molecule has 2 N–H and O–H groups in total. The van der Waals surface area contributed by atoms with E-state index in [2.05, 4.69) is 5.32 Å². The Balaban J connectivity index is 2.53. The molecule has 0 aliphatic carbocycles. The fraction of sp³-hybridized carbons (Fsp3) is 0.429. The van der Waals surface area contributed by atoms with Gasteiger partial charge in [0.15, 0.2) is 0 Å². The van der Waals surface area contributed by atoms with Gasteiger partial charge in [-0.1, -0.05) is 11.6 Å². The number of methoxy groups -OCH3 is 1. The van der Waals surface area contributed by atoms with Crippen LogP contribution >= 0.6 is 23.4 Å². The molecular weight excluding hydrogens is 314 g/mol. The summed E-state index contributed by atoms with van der Waals surface area (Å²) < 4.78 is 4.99. The molecular formula is C14H18ClNO4S. The lowest BCUT2D eigenvalue weighted by atomic mass is 9.99. The average Bonchev–Trinajstić information content (AvgIpc) is 2.37. The highest BCUT2D eigenvalue weighted by atomic mass is 35.5. The minimum atomic E-state index is -0.986. The normalized spacial score (nSPS) is 13.5. The number of ether oxygens (including phenoxy) is 1. The van der Waals surface area contributed by atoms with Gasteiger partial charge in [-0.2, -0.15) is 0 Å². The van der Waals surface area contributed by atoms with Crippen LogP contribution in [0.15, 0.2) is 29.2 Å². The van der Waals surface area contributed by atoms with E-state index in [0.29, 0.717) is 5.02 Å². The van der Waals surface area contributed by atoms with E-state index in [-0.39, 0.29) is 24.7 Å². The molecule has 1 aromatic rings. The number of nitrogens with one attached hydrogen (secondary N) is 1. The number of halogens is 1. The monoisotopic (exact) mass is 331 g/mol. The highest BCUT2D eigenvalue weighted by Gasteiger charge is 2.29. The predicted molar refractivity (Wildman–Crippen MR) is 82.9 cm³/mol. The number of carbonyl (C=O) groups is 2. The Morgan fingerprint density at radius 3 is 2.52 bits per heavy atom. The fourth-order valence-electron chi connectivity index (χ4n) is 1.84. The number of carbonyl (C=O) groups excluding carboxylic acids is 1. The summed E-state index contributed by atoms with van der Waals surface area (Å²) >= 11 is 7.14. The Kier molecular flexibility index (Phi) is 7.01. The van der Waals surface area contributed by atoms with Crippen molar-refractivity contribution in [1.29, 1.82) is 0 Å². The van der Waals surface area contributed by atoms with Crippen LogP contribution in [0.2, 0.25) is 5.02 Å². The van der Waals surface area contributed by atoms with E-state index < -0.39 is 11.5 Å². The van der Waals surface area contributed by atoms with Crippen molar-refractivity contribution >= 4 is 35.2 Å². The number of aliphatic carboxylic acids is 1. The predicted octanol–water partition coefficient (Wildman–Crippen LogP) is 2.43. The van der Waals surface area contributed by atoms with Crippen molar-refractivity contribution in [3.63, 3.8) is 0 Å². The van der Waals surface area contributed by atoms with Crippen molar-refractivity contribution in [3.8, 4) is 0 Å². The van der Waals surface area contributed by atoms with E-state index in [1.807, 2.05) is 12.1 Å². The number of hydrogen-bond donors (Lipinski definition) is 2. The molecule has 1 amide bonds. The van der Waals surface area contributed by atoms with Crippen LogP contribution in [-0.2, 0) is 14.3 Å². The van der Waals surface area contributed by atoms with Crippen LogP contribution in [-0.4, -0.2) is 42.0 Å². The Morgan fingerprint density at radius 2 is 2.00 bits per heavy atom. The van der Waals surface area contributed by atoms with Gasteiger partial charge in [-0.05, 0) is 31.2 Å².